The molecule has 0 aliphatic carbocycles. The molecule has 1 spiro atoms. The lowest BCUT2D eigenvalue weighted by molar-refractivity contribution is -0.142. The summed E-state index contributed by atoms with van der Waals surface area (Å²) in [4.78, 5) is 39.6. The van der Waals surface area contributed by atoms with Gasteiger partial charge in [0.2, 0.25) is 11.8 Å². The van der Waals surface area contributed by atoms with Gasteiger partial charge in [0.05, 0.1) is 13.2 Å². The van der Waals surface area contributed by atoms with Crippen molar-refractivity contribution >= 4 is 29.7 Å². The predicted octanol–water partition coefficient (Wildman–Crippen LogP) is 0.279. The third kappa shape index (κ3) is 2.83. The van der Waals surface area contributed by atoms with Gasteiger partial charge in [0.25, 0.3) is 0 Å². The number of carbonyl (C=O) groups excluding carboxylic acids is 2. The number of carbonyl (C=O) groups is 3. The predicted molar refractivity (Wildman–Crippen MR) is 87.7 cm³/mol. The molecule has 0 bridgehead atoms. The van der Waals surface area contributed by atoms with Crippen LogP contribution in [0.3, 0.4) is 0 Å². The fourth-order valence-electron chi connectivity index (χ4n) is 3.96. The molecule has 3 rings (SSSR count). The molecule has 24 heavy (non-hydrogen) atoms. The first-order chi connectivity index (χ1) is 11.3. The van der Waals surface area contributed by atoms with Crippen molar-refractivity contribution in [2.45, 2.75) is 29.4 Å². The molecule has 3 heterocycles. The summed E-state index contributed by atoms with van der Waals surface area (Å²) in [6, 6.07) is 0. The second kappa shape index (κ2) is 6.11. The van der Waals surface area contributed by atoms with Gasteiger partial charge >= 0.3 is 6.09 Å². The van der Waals surface area contributed by atoms with E-state index in [1.54, 1.807) is 25.8 Å². The largest absolute Gasteiger partial charge is 0.465 e. The zero-order valence-electron chi connectivity index (χ0n) is 14.0. The summed E-state index contributed by atoms with van der Waals surface area (Å²) in [6.07, 6.45) is 0.533. The number of thioether (sulfide) groups is 1. The third-order valence-corrected chi connectivity index (χ3v) is 6.99. The van der Waals surface area contributed by atoms with Crippen LogP contribution in [0.15, 0.2) is 0 Å². The van der Waals surface area contributed by atoms with Crippen LogP contribution in [0.2, 0.25) is 0 Å². The summed E-state index contributed by atoms with van der Waals surface area (Å²) in [5.74, 6) is -0.0932. The number of nitrogens with zero attached hydrogens (tertiary/aromatic N) is 3. The quantitative estimate of drug-likeness (QED) is 0.763. The maximum atomic E-state index is 12.6. The van der Waals surface area contributed by atoms with Crippen LogP contribution in [-0.2, 0) is 14.3 Å². The molecule has 3 aliphatic heterocycles. The highest BCUT2D eigenvalue weighted by Gasteiger charge is 2.59. The van der Waals surface area contributed by atoms with E-state index in [9.17, 15) is 19.5 Å². The monoisotopic (exact) mass is 357 g/mol. The number of ether oxygens (including phenoxy) is 1. The first-order valence-electron chi connectivity index (χ1n) is 8.04. The van der Waals surface area contributed by atoms with Gasteiger partial charge in [-0.05, 0) is 12.8 Å². The highest BCUT2D eigenvalue weighted by atomic mass is 32.2. The van der Waals surface area contributed by atoms with Gasteiger partial charge in [-0.1, -0.05) is 0 Å². The third-order valence-electron chi connectivity index (χ3n) is 5.17. The van der Waals surface area contributed by atoms with Gasteiger partial charge in [0.15, 0.2) is 0 Å². The lowest BCUT2D eigenvalue weighted by Crippen LogP contribution is -2.63. The standard InChI is InChI=1S/C15H23N3O5S/c1-11(19)16-5-3-14(4-6-16)8-18-12(20)7-17(13(21)22)9-15(18,24-14)10-23-2/h3-10H2,1-2H3,(H,21,22). The van der Waals surface area contributed by atoms with Crippen molar-refractivity contribution in [1.82, 2.24) is 14.7 Å². The van der Waals surface area contributed by atoms with Crippen molar-refractivity contribution in [2.24, 2.45) is 0 Å². The Balaban J connectivity index is 1.83. The molecule has 8 nitrogen and oxygen atoms in total. The molecule has 0 radical (unpaired) electrons. The van der Waals surface area contributed by atoms with Crippen LogP contribution in [-0.4, -0.2) is 93.8 Å². The summed E-state index contributed by atoms with van der Waals surface area (Å²) >= 11 is 1.67. The van der Waals surface area contributed by atoms with E-state index in [-0.39, 0.29) is 29.7 Å². The summed E-state index contributed by atoms with van der Waals surface area (Å²) < 4.78 is 5.23. The zero-order valence-corrected chi connectivity index (χ0v) is 14.8. The van der Waals surface area contributed by atoms with E-state index in [2.05, 4.69) is 0 Å². The van der Waals surface area contributed by atoms with Gasteiger partial charge in [-0.25, -0.2) is 4.79 Å². The Hall–Kier alpha value is -1.48. The van der Waals surface area contributed by atoms with E-state index >= 15 is 0 Å². The normalized spacial score (nSPS) is 29.1. The molecule has 1 N–H and O–H groups in total. The maximum absolute atomic E-state index is 12.6. The number of likely N-dealkylation sites (tertiary alicyclic amines) is 1. The molecule has 3 fully saturated rings. The highest BCUT2D eigenvalue weighted by molar-refractivity contribution is 8.02. The molecule has 3 aliphatic rings. The van der Waals surface area contributed by atoms with Gasteiger partial charge in [0.1, 0.15) is 11.4 Å². The molecule has 3 amide bonds. The molecule has 3 saturated heterocycles. The molecular weight excluding hydrogens is 334 g/mol. The average molecular weight is 357 g/mol. The highest BCUT2D eigenvalue weighted by Crippen LogP contribution is 2.53. The molecule has 0 aromatic heterocycles. The fraction of sp³-hybridized carbons (Fsp3) is 0.800. The van der Waals surface area contributed by atoms with Crippen molar-refractivity contribution in [3.63, 3.8) is 0 Å². The van der Waals surface area contributed by atoms with Crippen LogP contribution in [0.1, 0.15) is 19.8 Å². The molecule has 0 aromatic rings. The minimum atomic E-state index is -1.08. The number of fused-ring (bicyclic) bond motifs is 1. The molecular formula is C15H23N3O5S. The Morgan fingerprint density at radius 1 is 1.25 bits per heavy atom. The molecule has 134 valence electrons. The molecule has 0 saturated carbocycles. The van der Waals surface area contributed by atoms with Crippen molar-refractivity contribution in [1.29, 1.82) is 0 Å². The van der Waals surface area contributed by atoms with Gasteiger partial charge in [-0.15, -0.1) is 11.8 Å². The topological polar surface area (TPSA) is 90.4 Å². The second-order valence-corrected chi connectivity index (χ2v) is 8.62. The first-order valence-corrected chi connectivity index (χ1v) is 8.85. The van der Waals surface area contributed by atoms with Crippen molar-refractivity contribution in [3.8, 4) is 0 Å². The van der Waals surface area contributed by atoms with Crippen LogP contribution in [0, 0.1) is 0 Å². The van der Waals surface area contributed by atoms with Crippen LogP contribution in [0.4, 0.5) is 4.79 Å². The Bertz CT molecular complexity index is 563. The van der Waals surface area contributed by atoms with Gasteiger partial charge in [0, 0.05) is 38.4 Å². The van der Waals surface area contributed by atoms with Gasteiger partial charge in [-0.3, -0.25) is 14.5 Å². The number of amides is 3. The van der Waals surface area contributed by atoms with Crippen LogP contribution in [0.5, 0.6) is 0 Å². The van der Waals surface area contributed by atoms with Crippen LogP contribution in [0.25, 0.3) is 0 Å². The van der Waals surface area contributed by atoms with Crippen LogP contribution < -0.4 is 0 Å². The molecule has 1 atom stereocenters. The summed E-state index contributed by atoms with van der Waals surface area (Å²) in [6.45, 7) is 3.97. The summed E-state index contributed by atoms with van der Waals surface area (Å²) in [5, 5.41) is 9.32. The van der Waals surface area contributed by atoms with E-state index in [4.69, 9.17) is 4.74 Å². The number of piperazine rings is 1. The van der Waals surface area contributed by atoms with Gasteiger partial charge < -0.3 is 19.6 Å². The second-order valence-electron chi connectivity index (χ2n) is 6.79. The zero-order chi connectivity index (χ0) is 17.5. The lowest BCUT2D eigenvalue weighted by Gasteiger charge is -2.44. The van der Waals surface area contributed by atoms with Crippen molar-refractivity contribution in [3.05, 3.63) is 0 Å². The van der Waals surface area contributed by atoms with E-state index < -0.39 is 11.0 Å². The van der Waals surface area contributed by atoms with Gasteiger partial charge in [-0.2, -0.15) is 0 Å². The van der Waals surface area contributed by atoms with Crippen molar-refractivity contribution < 1.29 is 24.2 Å². The molecule has 9 heteroatoms. The molecule has 1 unspecified atom stereocenters. The lowest BCUT2D eigenvalue weighted by atomic mass is 9.94. The van der Waals surface area contributed by atoms with E-state index in [0.717, 1.165) is 12.8 Å². The average Bonchev–Trinajstić information content (AvgIpc) is 2.82. The number of methoxy groups -OCH3 is 1. The summed E-state index contributed by atoms with van der Waals surface area (Å²) in [5.41, 5.74) is 0. The van der Waals surface area contributed by atoms with E-state index in [1.165, 1.54) is 4.90 Å². The number of hydrogen-bond donors (Lipinski definition) is 1. The maximum Gasteiger partial charge on any atom is 0.407 e. The number of rotatable bonds is 2. The number of carboxylic acid groups (broad SMARTS) is 1. The fourth-order valence-corrected chi connectivity index (χ4v) is 6.02. The van der Waals surface area contributed by atoms with E-state index in [0.29, 0.717) is 26.2 Å². The summed E-state index contributed by atoms with van der Waals surface area (Å²) in [7, 11) is 1.57. The minimum Gasteiger partial charge on any atom is -0.465 e. The Morgan fingerprint density at radius 2 is 1.92 bits per heavy atom. The van der Waals surface area contributed by atoms with Crippen LogP contribution >= 0.6 is 11.8 Å². The number of hydrogen-bond acceptors (Lipinski definition) is 5. The Kier molecular flexibility index (Phi) is 4.41. The minimum absolute atomic E-state index is 0.0744. The SMILES string of the molecule is COCC12CN(C(=O)O)CC(=O)N1CC1(CCN(C(C)=O)CC1)S2. The Morgan fingerprint density at radius 3 is 2.46 bits per heavy atom. The van der Waals surface area contributed by atoms with Crippen molar-refractivity contribution in [2.75, 3.05) is 46.4 Å². The van der Waals surface area contributed by atoms with E-state index in [1.807, 2.05) is 9.80 Å². The Labute approximate surface area is 145 Å². The molecule has 0 aromatic carbocycles. The first kappa shape index (κ1) is 17.3. The number of piperidine rings is 1. The smallest absolute Gasteiger partial charge is 0.407 e.